The summed E-state index contributed by atoms with van der Waals surface area (Å²) in [6, 6.07) is 3.70. The molecule has 0 aliphatic heterocycles. The zero-order chi connectivity index (χ0) is 13.0. The van der Waals surface area contributed by atoms with Gasteiger partial charge in [-0.3, -0.25) is 14.8 Å². The van der Waals surface area contributed by atoms with E-state index in [1.165, 1.54) is 0 Å². The van der Waals surface area contributed by atoms with Gasteiger partial charge in [0, 0.05) is 23.4 Å². The van der Waals surface area contributed by atoms with Crippen LogP contribution in [0.4, 0.5) is 5.69 Å². The number of hydrogen-bond acceptors (Lipinski definition) is 4. The van der Waals surface area contributed by atoms with E-state index in [2.05, 4.69) is 36.5 Å². The number of anilines is 1. The Morgan fingerprint density at radius 2 is 2.28 bits per heavy atom. The summed E-state index contributed by atoms with van der Waals surface area (Å²) in [4.78, 5) is 19.9. The number of nitrogens with one attached hydrogen (secondary N) is 2. The third-order valence-electron chi connectivity index (χ3n) is 2.36. The van der Waals surface area contributed by atoms with Gasteiger partial charge in [0.2, 0.25) is 5.91 Å². The standard InChI is InChI=1S/C12H13BrN4O/c1-2-14-11(18)7-16-9-3-4-15-10-5-8(13)6-17-12(9)10/h3-6H,2,7H2,1H3,(H,14,18)(H,15,16). The van der Waals surface area contributed by atoms with Crippen LogP contribution in [0, 0.1) is 0 Å². The largest absolute Gasteiger partial charge is 0.374 e. The summed E-state index contributed by atoms with van der Waals surface area (Å²) in [6.45, 7) is 2.74. The van der Waals surface area contributed by atoms with Crippen LogP contribution in [0.5, 0.6) is 0 Å². The summed E-state index contributed by atoms with van der Waals surface area (Å²) in [5.41, 5.74) is 2.34. The minimum absolute atomic E-state index is 0.0421. The first-order valence-electron chi connectivity index (χ1n) is 5.61. The molecule has 0 aliphatic carbocycles. The van der Waals surface area contributed by atoms with Crippen molar-refractivity contribution in [2.45, 2.75) is 6.92 Å². The van der Waals surface area contributed by atoms with Crippen molar-refractivity contribution in [1.29, 1.82) is 0 Å². The molecule has 0 aromatic carbocycles. The number of aromatic nitrogens is 2. The van der Waals surface area contributed by atoms with Crippen molar-refractivity contribution in [3.63, 3.8) is 0 Å². The minimum atomic E-state index is -0.0421. The van der Waals surface area contributed by atoms with Crippen molar-refractivity contribution in [1.82, 2.24) is 15.3 Å². The number of fused-ring (bicyclic) bond motifs is 1. The summed E-state index contributed by atoms with van der Waals surface area (Å²) in [6.07, 6.45) is 3.40. The van der Waals surface area contributed by atoms with Crippen molar-refractivity contribution in [3.8, 4) is 0 Å². The van der Waals surface area contributed by atoms with Gasteiger partial charge < -0.3 is 10.6 Å². The number of likely N-dealkylation sites (N-methyl/N-ethyl adjacent to an activating group) is 1. The lowest BCUT2D eigenvalue weighted by molar-refractivity contribution is -0.119. The maximum absolute atomic E-state index is 11.4. The van der Waals surface area contributed by atoms with Crippen LogP contribution >= 0.6 is 15.9 Å². The molecule has 2 N–H and O–H groups in total. The molecule has 0 unspecified atom stereocenters. The molecule has 0 radical (unpaired) electrons. The van der Waals surface area contributed by atoms with Gasteiger partial charge >= 0.3 is 0 Å². The van der Waals surface area contributed by atoms with Crippen LogP contribution in [0.2, 0.25) is 0 Å². The first-order chi connectivity index (χ1) is 8.70. The maximum atomic E-state index is 11.4. The molecule has 18 heavy (non-hydrogen) atoms. The van der Waals surface area contributed by atoms with Gasteiger partial charge in [0.05, 0.1) is 17.7 Å². The monoisotopic (exact) mass is 308 g/mol. The number of hydrogen-bond donors (Lipinski definition) is 2. The van der Waals surface area contributed by atoms with Crippen molar-refractivity contribution >= 4 is 38.6 Å². The molecule has 0 spiro atoms. The topological polar surface area (TPSA) is 66.9 Å². The predicted octanol–water partition coefficient (Wildman–Crippen LogP) is 1.94. The lowest BCUT2D eigenvalue weighted by atomic mass is 10.3. The number of halogens is 1. The van der Waals surface area contributed by atoms with Gasteiger partial charge in [0.1, 0.15) is 5.52 Å². The van der Waals surface area contributed by atoms with Crippen molar-refractivity contribution in [3.05, 3.63) is 29.0 Å². The number of pyridine rings is 2. The van der Waals surface area contributed by atoms with E-state index in [0.717, 1.165) is 21.2 Å². The first-order valence-corrected chi connectivity index (χ1v) is 6.41. The normalized spacial score (nSPS) is 10.3. The average Bonchev–Trinajstić information content (AvgIpc) is 2.36. The Labute approximate surface area is 113 Å². The third kappa shape index (κ3) is 2.95. The zero-order valence-corrected chi connectivity index (χ0v) is 11.5. The first kappa shape index (κ1) is 12.8. The van der Waals surface area contributed by atoms with Gasteiger partial charge in [-0.1, -0.05) is 0 Å². The highest BCUT2D eigenvalue weighted by Crippen LogP contribution is 2.21. The molecule has 6 heteroatoms. The van der Waals surface area contributed by atoms with Crippen LogP contribution in [0.15, 0.2) is 29.0 Å². The van der Waals surface area contributed by atoms with E-state index in [9.17, 15) is 4.79 Å². The van der Waals surface area contributed by atoms with E-state index in [-0.39, 0.29) is 12.5 Å². The van der Waals surface area contributed by atoms with Crippen LogP contribution in [0.25, 0.3) is 11.0 Å². The van der Waals surface area contributed by atoms with Crippen molar-refractivity contribution < 1.29 is 4.79 Å². The molecule has 0 aliphatic rings. The fraction of sp³-hybridized carbons (Fsp3) is 0.250. The Balaban J connectivity index is 2.20. The molecule has 2 aromatic rings. The molecule has 5 nitrogen and oxygen atoms in total. The van der Waals surface area contributed by atoms with Crippen LogP contribution < -0.4 is 10.6 Å². The summed E-state index contributed by atoms with van der Waals surface area (Å²) in [5.74, 6) is -0.0421. The second-order valence-electron chi connectivity index (χ2n) is 3.69. The van der Waals surface area contributed by atoms with E-state index in [4.69, 9.17) is 0 Å². The highest BCUT2D eigenvalue weighted by molar-refractivity contribution is 9.10. The van der Waals surface area contributed by atoms with Gasteiger partial charge in [-0.05, 0) is 35.0 Å². The summed E-state index contributed by atoms with van der Waals surface area (Å²) >= 11 is 3.35. The average molecular weight is 309 g/mol. The molecule has 2 aromatic heterocycles. The van der Waals surface area contributed by atoms with Gasteiger partial charge in [0.15, 0.2) is 0 Å². The van der Waals surface area contributed by atoms with Crippen LogP contribution in [-0.2, 0) is 4.79 Å². The Kier molecular flexibility index (Phi) is 4.09. The molecule has 2 rings (SSSR count). The molecule has 0 saturated heterocycles. The number of rotatable bonds is 4. The number of amides is 1. The van der Waals surface area contributed by atoms with Gasteiger partial charge in [-0.25, -0.2) is 0 Å². The van der Waals surface area contributed by atoms with E-state index in [0.29, 0.717) is 6.54 Å². The SMILES string of the molecule is CCNC(=O)CNc1ccnc2cc(Br)cnc12. The maximum Gasteiger partial charge on any atom is 0.239 e. The fourth-order valence-electron chi connectivity index (χ4n) is 1.58. The summed E-state index contributed by atoms with van der Waals surface area (Å²) in [5, 5.41) is 5.79. The second-order valence-corrected chi connectivity index (χ2v) is 4.60. The molecular weight excluding hydrogens is 296 g/mol. The molecular formula is C12H13BrN4O. The number of carbonyl (C=O) groups excluding carboxylic acids is 1. The Morgan fingerprint density at radius 1 is 1.44 bits per heavy atom. The van der Waals surface area contributed by atoms with Crippen molar-refractivity contribution in [2.75, 3.05) is 18.4 Å². The smallest absolute Gasteiger partial charge is 0.239 e. The second kappa shape index (κ2) is 5.77. The molecule has 0 fully saturated rings. The number of nitrogens with zero attached hydrogens (tertiary/aromatic N) is 2. The number of carbonyl (C=O) groups is 1. The lowest BCUT2D eigenvalue weighted by Crippen LogP contribution is -2.29. The van der Waals surface area contributed by atoms with E-state index in [1.807, 2.05) is 19.1 Å². The van der Waals surface area contributed by atoms with Gasteiger partial charge in [-0.2, -0.15) is 0 Å². The van der Waals surface area contributed by atoms with Gasteiger partial charge in [-0.15, -0.1) is 0 Å². The highest BCUT2D eigenvalue weighted by Gasteiger charge is 2.05. The summed E-state index contributed by atoms with van der Waals surface area (Å²) in [7, 11) is 0. The highest BCUT2D eigenvalue weighted by atomic mass is 79.9. The van der Waals surface area contributed by atoms with Crippen LogP contribution in [0.1, 0.15) is 6.92 Å². The van der Waals surface area contributed by atoms with E-state index < -0.39 is 0 Å². The van der Waals surface area contributed by atoms with Crippen molar-refractivity contribution in [2.24, 2.45) is 0 Å². The zero-order valence-electron chi connectivity index (χ0n) is 9.90. The Hall–Kier alpha value is -1.69. The Morgan fingerprint density at radius 3 is 3.06 bits per heavy atom. The van der Waals surface area contributed by atoms with Gasteiger partial charge in [0.25, 0.3) is 0 Å². The van der Waals surface area contributed by atoms with E-state index in [1.54, 1.807) is 12.4 Å². The molecule has 2 heterocycles. The molecule has 0 saturated carbocycles. The third-order valence-corrected chi connectivity index (χ3v) is 2.79. The Bertz CT molecular complexity index is 573. The molecule has 0 atom stereocenters. The molecule has 94 valence electrons. The summed E-state index contributed by atoms with van der Waals surface area (Å²) < 4.78 is 0.878. The predicted molar refractivity (Wildman–Crippen MR) is 74.4 cm³/mol. The molecule has 0 bridgehead atoms. The van der Waals surface area contributed by atoms with E-state index >= 15 is 0 Å². The fourth-order valence-corrected chi connectivity index (χ4v) is 1.90. The lowest BCUT2D eigenvalue weighted by Gasteiger charge is -2.08. The quantitative estimate of drug-likeness (QED) is 0.906. The molecule has 1 amide bonds. The van der Waals surface area contributed by atoms with Crippen LogP contribution in [-0.4, -0.2) is 29.0 Å². The van der Waals surface area contributed by atoms with Crippen LogP contribution in [0.3, 0.4) is 0 Å². The minimum Gasteiger partial charge on any atom is -0.374 e.